The normalized spacial score (nSPS) is 9.71. The molecular formula is C10H11N2O4S. The highest BCUT2D eigenvalue weighted by molar-refractivity contribution is 7.80. The van der Waals surface area contributed by atoms with Crippen LogP contribution in [0.15, 0.2) is 30.3 Å². The molecule has 0 aliphatic heterocycles. The van der Waals surface area contributed by atoms with Crippen molar-refractivity contribution in [2.24, 2.45) is 0 Å². The van der Waals surface area contributed by atoms with E-state index in [2.05, 4.69) is 12.6 Å². The van der Waals surface area contributed by atoms with Gasteiger partial charge >= 0.3 is 6.09 Å². The van der Waals surface area contributed by atoms with Gasteiger partial charge in [0.15, 0.2) is 5.03 Å². The molecule has 6 nitrogen and oxygen atoms in total. The van der Waals surface area contributed by atoms with Crippen LogP contribution in [0.3, 0.4) is 0 Å². The van der Waals surface area contributed by atoms with Crippen molar-refractivity contribution in [1.29, 1.82) is 0 Å². The van der Waals surface area contributed by atoms with Crippen molar-refractivity contribution in [3.8, 4) is 0 Å². The highest BCUT2D eigenvalue weighted by Crippen LogP contribution is 2.03. The van der Waals surface area contributed by atoms with Crippen LogP contribution in [0.4, 0.5) is 4.79 Å². The van der Waals surface area contributed by atoms with E-state index in [1.165, 1.54) is 0 Å². The molecule has 0 bridgehead atoms. The standard InChI is InChI=1S/C10H11N2O4S/c13-10(11(6-7-17)12(14)15)16-8-9-4-2-1-3-5-9/h1-5H,6-8H2. The molecule has 0 fully saturated rings. The third-order valence-corrected chi connectivity index (χ3v) is 2.10. The van der Waals surface area contributed by atoms with Crippen LogP contribution in [-0.2, 0) is 11.3 Å². The largest absolute Gasteiger partial charge is 0.468 e. The molecule has 0 atom stereocenters. The predicted molar refractivity (Wildman–Crippen MR) is 62.8 cm³/mol. The Kier molecular flexibility index (Phi) is 5.28. The number of rotatable bonds is 5. The number of carbonyl (C=O) groups excluding carboxylic acids is 1. The van der Waals surface area contributed by atoms with Gasteiger partial charge in [0.1, 0.15) is 13.2 Å². The zero-order valence-electron chi connectivity index (χ0n) is 8.94. The van der Waals surface area contributed by atoms with Gasteiger partial charge in [-0.3, -0.25) is 0 Å². The van der Waals surface area contributed by atoms with E-state index < -0.39 is 11.1 Å². The average Bonchev–Trinajstić information content (AvgIpc) is 2.34. The van der Waals surface area contributed by atoms with Crippen molar-refractivity contribution in [1.82, 2.24) is 5.01 Å². The maximum atomic E-state index is 11.4. The first-order valence-corrected chi connectivity index (χ1v) is 5.43. The summed E-state index contributed by atoms with van der Waals surface area (Å²) >= 11 is 4.59. The molecule has 0 heterocycles. The zero-order valence-corrected chi connectivity index (χ0v) is 9.76. The molecule has 0 saturated carbocycles. The first kappa shape index (κ1) is 13.3. The van der Waals surface area contributed by atoms with Gasteiger partial charge in [0.25, 0.3) is 0 Å². The van der Waals surface area contributed by atoms with Gasteiger partial charge in [0.2, 0.25) is 0 Å². The van der Waals surface area contributed by atoms with Gasteiger partial charge in [-0.05, 0) is 10.6 Å². The van der Waals surface area contributed by atoms with E-state index in [1.54, 1.807) is 24.3 Å². The van der Waals surface area contributed by atoms with Crippen LogP contribution in [0.5, 0.6) is 0 Å². The molecular weight excluding hydrogens is 244 g/mol. The van der Waals surface area contributed by atoms with Gasteiger partial charge < -0.3 is 4.74 Å². The molecule has 1 aromatic carbocycles. The van der Waals surface area contributed by atoms with Gasteiger partial charge in [0.05, 0.1) is 0 Å². The molecule has 0 unspecified atom stereocenters. The van der Waals surface area contributed by atoms with Crippen LogP contribution in [0, 0.1) is 10.1 Å². The van der Waals surface area contributed by atoms with Crippen LogP contribution < -0.4 is 0 Å². The van der Waals surface area contributed by atoms with Crippen molar-refractivity contribution in [2.45, 2.75) is 6.61 Å². The van der Waals surface area contributed by atoms with Gasteiger partial charge in [-0.2, -0.15) is 0 Å². The van der Waals surface area contributed by atoms with Crippen LogP contribution >= 0.6 is 12.6 Å². The van der Waals surface area contributed by atoms with E-state index in [1.807, 2.05) is 6.07 Å². The summed E-state index contributed by atoms with van der Waals surface area (Å²) in [5, 5.41) is 10.1. The fourth-order valence-electron chi connectivity index (χ4n) is 1.12. The lowest BCUT2D eigenvalue weighted by atomic mass is 10.2. The summed E-state index contributed by atoms with van der Waals surface area (Å²) in [5.41, 5.74) is 0.766. The number of benzene rings is 1. The van der Waals surface area contributed by atoms with Crippen LogP contribution in [-0.4, -0.2) is 28.4 Å². The monoisotopic (exact) mass is 255 g/mol. The van der Waals surface area contributed by atoms with E-state index in [9.17, 15) is 14.9 Å². The Morgan fingerprint density at radius 1 is 1.41 bits per heavy atom. The second-order valence-corrected chi connectivity index (χ2v) is 3.51. The number of nitro groups is 1. The summed E-state index contributed by atoms with van der Waals surface area (Å²) in [7, 11) is 0. The van der Waals surface area contributed by atoms with Crippen molar-refractivity contribution < 1.29 is 14.6 Å². The molecule has 0 aliphatic rings. The fourth-order valence-corrected chi connectivity index (χ4v) is 1.29. The molecule has 0 saturated heterocycles. The summed E-state index contributed by atoms with van der Waals surface area (Å²) < 4.78 is 4.80. The average molecular weight is 255 g/mol. The van der Waals surface area contributed by atoms with Gasteiger partial charge in [-0.1, -0.05) is 43.0 Å². The Labute approximate surface area is 104 Å². The minimum atomic E-state index is -0.997. The lowest BCUT2D eigenvalue weighted by Gasteiger charge is -2.11. The van der Waals surface area contributed by atoms with Crippen molar-refractivity contribution in [2.75, 3.05) is 12.3 Å². The molecule has 0 spiro atoms. The molecule has 0 aromatic heterocycles. The molecule has 91 valence electrons. The second-order valence-electron chi connectivity index (χ2n) is 3.11. The summed E-state index contributed by atoms with van der Waals surface area (Å²) in [6, 6.07) is 8.93. The number of amides is 1. The number of hydrazine groups is 1. The lowest BCUT2D eigenvalue weighted by molar-refractivity contribution is -0.634. The topological polar surface area (TPSA) is 72.7 Å². The van der Waals surface area contributed by atoms with Gasteiger partial charge in [-0.25, -0.2) is 14.9 Å². The first-order valence-electron chi connectivity index (χ1n) is 4.85. The summed E-state index contributed by atoms with van der Waals surface area (Å²) in [6.07, 6.45) is -0.997. The molecule has 17 heavy (non-hydrogen) atoms. The third kappa shape index (κ3) is 4.31. The lowest BCUT2D eigenvalue weighted by Crippen LogP contribution is -2.38. The third-order valence-electron chi connectivity index (χ3n) is 1.92. The predicted octanol–water partition coefficient (Wildman–Crippen LogP) is 2.01. The van der Waals surface area contributed by atoms with E-state index in [0.29, 0.717) is 5.01 Å². The minimum absolute atomic E-state index is 0.00143. The number of nitrogens with zero attached hydrogens (tertiary/aromatic N) is 2. The van der Waals surface area contributed by atoms with Crippen molar-refractivity contribution in [3.63, 3.8) is 0 Å². The van der Waals surface area contributed by atoms with E-state index in [-0.39, 0.29) is 18.9 Å². The van der Waals surface area contributed by atoms with E-state index >= 15 is 0 Å². The van der Waals surface area contributed by atoms with Crippen molar-refractivity contribution >= 4 is 18.7 Å². The van der Waals surface area contributed by atoms with E-state index in [0.717, 1.165) is 5.56 Å². The Morgan fingerprint density at radius 2 is 2.06 bits per heavy atom. The summed E-state index contributed by atoms with van der Waals surface area (Å²) in [5.74, 6) is 0.0847. The molecule has 0 N–H and O–H groups in total. The van der Waals surface area contributed by atoms with E-state index in [4.69, 9.17) is 4.74 Å². The van der Waals surface area contributed by atoms with Crippen LogP contribution in [0.1, 0.15) is 5.56 Å². The summed E-state index contributed by atoms with van der Waals surface area (Å²) in [4.78, 5) is 21.9. The maximum absolute atomic E-state index is 11.4. The highest BCUT2D eigenvalue weighted by Gasteiger charge is 2.24. The zero-order chi connectivity index (χ0) is 12.7. The second kappa shape index (κ2) is 6.74. The minimum Gasteiger partial charge on any atom is -0.441 e. The Morgan fingerprint density at radius 3 is 2.59 bits per heavy atom. The number of ether oxygens (including phenoxy) is 1. The first-order chi connectivity index (χ1) is 8.15. The van der Waals surface area contributed by atoms with Gasteiger partial charge in [0, 0.05) is 5.75 Å². The quantitative estimate of drug-likeness (QED) is 0.596. The fraction of sp³-hybridized carbons (Fsp3) is 0.300. The summed E-state index contributed by atoms with van der Waals surface area (Å²) in [6.45, 7) is -0.141. The maximum Gasteiger partial charge on any atom is 0.468 e. The van der Waals surface area contributed by atoms with Gasteiger partial charge in [-0.15, -0.1) is 0 Å². The molecule has 0 aliphatic carbocycles. The van der Waals surface area contributed by atoms with Crippen LogP contribution in [0.25, 0.3) is 0 Å². The molecule has 1 aromatic rings. The Hall–Kier alpha value is -1.76. The van der Waals surface area contributed by atoms with Crippen LogP contribution in [0.2, 0.25) is 0 Å². The molecule has 1 radical (unpaired) electrons. The smallest absolute Gasteiger partial charge is 0.441 e. The molecule has 1 amide bonds. The number of hydrogen-bond donors (Lipinski definition) is 0. The number of carbonyl (C=O) groups is 1. The number of hydrogen-bond acceptors (Lipinski definition) is 4. The SMILES string of the molecule is O=C(OCc1ccccc1)N(CC[S])[N+](=O)[O-]. The molecule has 7 heteroatoms. The molecule has 1 rings (SSSR count). The Bertz CT molecular complexity index is 385. The van der Waals surface area contributed by atoms with Crippen molar-refractivity contribution in [3.05, 3.63) is 46.0 Å². The Balaban J connectivity index is 2.50. The highest BCUT2D eigenvalue weighted by atomic mass is 32.1.